The molecule has 0 aliphatic carbocycles. The topological polar surface area (TPSA) is 85.0 Å². The Bertz CT molecular complexity index is 655. The van der Waals surface area contributed by atoms with E-state index < -0.39 is 6.55 Å². The number of rotatable bonds is 8. The van der Waals surface area contributed by atoms with Crippen LogP contribution in [0, 0.1) is 0 Å². The monoisotopic (exact) mass is 468 g/mol. The summed E-state index contributed by atoms with van der Waals surface area (Å²) in [5, 5.41) is 14.1. The van der Waals surface area contributed by atoms with Crippen LogP contribution in [-0.2, 0) is 19.5 Å². The molecule has 2 aromatic heterocycles. The number of aromatic nitrogens is 5. The lowest BCUT2D eigenvalue weighted by Gasteiger charge is -2.12. The van der Waals surface area contributed by atoms with Gasteiger partial charge in [0.25, 0.3) is 0 Å². The van der Waals surface area contributed by atoms with Crippen LogP contribution in [-0.4, -0.2) is 43.4 Å². The summed E-state index contributed by atoms with van der Waals surface area (Å²) >= 11 is 0. The van der Waals surface area contributed by atoms with Gasteiger partial charge in [-0.1, -0.05) is 6.92 Å². The normalized spacial score (nSPS) is 11.5. The van der Waals surface area contributed by atoms with E-state index in [-0.39, 0.29) is 36.3 Å². The molecule has 0 unspecified atom stereocenters. The Morgan fingerprint density at radius 2 is 2.08 bits per heavy atom. The molecular formula is C14H23F2IN8. The predicted octanol–water partition coefficient (Wildman–Crippen LogP) is 1.81. The van der Waals surface area contributed by atoms with Gasteiger partial charge in [-0.2, -0.15) is 8.78 Å². The van der Waals surface area contributed by atoms with Crippen LogP contribution in [0.5, 0.6) is 0 Å². The third-order valence-electron chi connectivity index (χ3n) is 3.34. The number of hydrogen-bond donors (Lipinski definition) is 2. The molecule has 0 fully saturated rings. The standard InChI is InChI=1S/C14H22F2N8.HI/c1-3-11-22-21-10-23(11)7-5-19-14(17-4-2)20-9-12-18-6-8-24(12)13(15)16;/h6,8,10,13H,3-5,7,9H2,1-2H3,(H2,17,19,20);1H. The number of imidazole rings is 1. The van der Waals surface area contributed by atoms with Crippen molar-refractivity contribution in [2.45, 2.75) is 39.9 Å². The molecule has 2 aromatic rings. The maximum Gasteiger partial charge on any atom is 0.319 e. The molecule has 2 heterocycles. The lowest BCUT2D eigenvalue weighted by Crippen LogP contribution is -2.39. The highest BCUT2D eigenvalue weighted by Crippen LogP contribution is 2.12. The van der Waals surface area contributed by atoms with Crippen molar-refractivity contribution in [3.05, 3.63) is 30.4 Å². The van der Waals surface area contributed by atoms with Crippen LogP contribution < -0.4 is 10.6 Å². The van der Waals surface area contributed by atoms with Crippen molar-refractivity contribution in [1.82, 2.24) is 34.9 Å². The largest absolute Gasteiger partial charge is 0.357 e. The second kappa shape index (κ2) is 10.9. The first-order valence-electron chi connectivity index (χ1n) is 7.84. The minimum atomic E-state index is -2.62. The Labute approximate surface area is 162 Å². The summed E-state index contributed by atoms with van der Waals surface area (Å²) in [6.45, 7) is 3.37. The fourth-order valence-corrected chi connectivity index (χ4v) is 2.17. The van der Waals surface area contributed by atoms with Gasteiger partial charge in [-0.3, -0.25) is 4.57 Å². The third kappa shape index (κ3) is 6.21. The quantitative estimate of drug-likeness (QED) is 0.351. The summed E-state index contributed by atoms with van der Waals surface area (Å²) in [5.41, 5.74) is 0. The molecule has 2 rings (SSSR count). The van der Waals surface area contributed by atoms with Gasteiger partial charge in [0.1, 0.15) is 24.5 Å². The molecular weight excluding hydrogens is 445 g/mol. The summed E-state index contributed by atoms with van der Waals surface area (Å²) in [7, 11) is 0. The third-order valence-corrected chi connectivity index (χ3v) is 3.34. The van der Waals surface area contributed by atoms with E-state index >= 15 is 0 Å². The Morgan fingerprint density at radius 1 is 1.28 bits per heavy atom. The number of aliphatic imine (C=N–C) groups is 1. The van der Waals surface area contributed by atoms with Gasteiger partial charge in [0.15, 0.2) is 5.96 Å². The number of hydrogen-bond acceptors (Lipinski definition) is 4. The number of guanidine groups is 1. The summed E-state index contributed by atoms with van der Waals surface area (Å²) in [6.07, 6.45) is 5.08. The van der Waals surface area contributed by atoms with Gasteiger partial charge in [0.05, 0.1) is 0 Å². The van der Waals surface area contributed by atoms with Crippen molar-refractivity contribution in [2.24, 2.45) is 4.99 Å². The minimum Gasteiger partial charge on any atom is -0.357 e. The van der Waals surface area contributed by atoms with E-state index in [1.54, 1.807) is 6.33 Å². The molecule has 2 N–H and O–H groups in total. The molecule has 8 nitrogen and oxygen atoms in total. The fourth-order valence-electron chi connectivity index (χ4n) is 2.17. The van der Waals surface area contributed by atoms with E-state index in [2.05, 4.69) is 30.8 Å². The van der Waals surface area contributed by atoms with Crippen LogP contribution in [0.4, 0.5) is 8.78 Å². The first-order chi connectivity index (χ1) is 11.7. The summed E-state index contributed by atoms with van der Waals surface area (Å²) in [6, 6.07) is 0. The van der Waals surface area contributed by atoms with Crippen molar-refractivity contribution in [3.8, 4) is 0 Å². The fraction of sp³-hybridized carbons (Fsp3) is 0.571. The minimum absolute atomic E-state index is 0. The zero-order valence-corrected chi connectivity index (χ0v) is 16.5. The molecule has 25 heavy (non-hydrogen) atoms. The highest BCUT2D eigenvalue weighted by molar-refractivity contribution is 14.0. The van der Waals surface area contributed by atoms with Crippen LogP contribution in [0.15, 0.2) is 23.7 Å². The van der Waals surface area contributed by atoms with Crippen LogP contribution in [0.1, 0.15) is 32.0 Å². The van der Waals surface area contributed by atoms with Crippen LogP contribution in [0.25, 0.3) is 0 Å². The van der Waals surface area contributed by atoms with Gasteiger partial charge in [0.2, 0.25) is 0 Å². The molecule has 140 valence electrons. The SMILES string of the molecule is CCNC(=NCc1nccn1C(F)F)NCCn1cnnc1CC.I. The van der Waals surface area contributed by atoms with E-state index in [0.29, 0.717) is 25.6 Å². The second-order valence-corrected chi connectivity index (χ2v) is 4.94. The van der Waals surface area contributed by atoms with Crippen molar-refractivity contribution in [3.63, 3.8) is 0 Å². The van der Waals surface area contributed by atoms with Crippen LogP contribution >= 0.6 is 24.0 Å². The van der Waals surface area contributed by atoms with E-state index in [1.807, 2.05) is 18.4 Å². The molecule has 11 heteroatoms. The van der Waals surface area contributed by atoms with E-state index in [4.69, 9.17) is 0 Å². The number of halogens is 3. The molecule has 0 aromatic carbocycles. The number of aryl methyl sites for hydroxylation is 1. The average molecular weight is 468 g/mol. The first kappa shape index (κ1) is 21.3. The zero-order valence-electron chi connectivity index (χ0n) is 14.2. The zero-order chi connectivity index (χ0) is 17.4. The van der Waals surface area contributed by atoms with E-state index in [1.165, 1.54) is 12.4 Å². The molecule has 0 aliphatic rings. The van der Waals surface area contributed by atoms with Gasteiger partial charge in [0, 0.05) is 38.4 Å². The molecule has 0 saturated carbocycles. The molecule has 0 aliphatic heterocycles. The highest BCUT2D eigenvalue weighted by Gasteiger charge is 2.11. The predicted molar refractivity (Wildman–Crippen MR) is 101 cm³/mol. The highest BCUT2D eigenvalue weighted by atomic mass is 127. The maximum atomic E-state index is 12.8. The van der Waals surface area contributed by atoms with E-state index in [9.17, 15) is 8.78 Å². The summed E-state index contributed by atoms with van der Waals surface area (Å²) < 4.78 is 28.3. The van der Waals surface area contributed by atoms with Gasteiger partial charge >= 0.3 is 6.55 Å². The molecule has 0 saturated heterocycles. The smallest absolute Gasteiger partial charge is 0.319 e. The molecule has 0 spiro atoms. The van der Waals surface area contributed by atoms with Crippen molar-refractivity contribution >= 4 is 29.9 Å². The van der Waals surface area contributed by atoms with Crippen LogP contribution in [0.3, 0.4) is 0 Å². The number of alkyl halides is 2. The Balaban J connectivity index is 0.00000312. The summed E-state index contributed by atoms with van der Waals surface area (Å²) in [5.74, 6) is 1.68. The average Bonchev–Trinajstić information content (AvgIpc) is 3.21. The molecule has 0 amide bonds. The number of nitrogens with zero attached hydrogens (tertiary/aromatic N) is 6. The van der Waals surface area contributed by atoms with Crippen LogP contribution in [0.2, 0.25) is 0 Å². The lowest BCUT2D eigenvalue weighted by molar-refractivity contribution is 0.0671. The summed E-state index contributed by atoms with van der Waals surface area (Å²) in [4.78, 5) is 8.21. The van der Waals surface area contributed by atoms with Gasteiger partial charge < -0.3 is 15.2 Å². The molecule has 0 radical (unpaired) electrons. The number of nitrogens with one attached hydrogen (secondary N) is 2. The lowest BCUT2D eigenvalue weighted by atomic mass is 10.4. The van der Waals surface area contributed by atoms with Gasteiger partial charge in [-0.25, -0.2) is 9.98 Å². The second-order valence-electron chi connectivity index (χ2n) is 4.94. The van der Waals surface area contributed by atoms with Crippen molar-refractivity contribution in [2.75, 3.05) is 13.1 Å². The first-order valence-corrected chi connectivity index (χ1v) is 7.84. The molecule has 0 atom stereocenters. The van der Waals surface area contributed by atoms with E-state index in [0.717, 1.165) is 16.8 Å². The Kier molecular flexibility index (Phi) is 9.31. The van der Waals surface area contributed by atoms with Gasteiger partial charge in [-0.05, 0) is 6.92 Å². The van der Waals surface area contributed by atoms with Crippen molar-refractivity contribution in [1.29, 1.82) is 0 Å². The van der Waals surface area contributed by atoms with Gasteiger partial charge in [-0.15, -0.1) is 34.2 Å². The maximum absolute atomic E-state index is 12.8. The Hall–Kier alpha value is -1.79. The molecule has 0 bridgehead atoms. The Morgan fingerprint density at radius 3 is 2.76 bits per heavy atom. The van der Waals surface area contributed by atoms with Crippen molar-refractivity contribution < 1.29 is 8.78 Å².